The van der Waals surface area contributed by atoms with Gasteiger partial charge in [0, 0.05) is 62.0 Å². The Labute approximate surface area is 253 Å². The lowest BCUT2D eigenvalue weighted by Crippen LogP contribution is -2.52. The van der Waals surface area contributed by atoms with Crippen LogP contribution in [-0.2, 0) is 0 Å². The second-order valence-corrected chi connectivity index (χ2v) is 12.8. The Morgan fingerprint density at radius 2 is 1.74 bits per heavy atom. The van der Waals surface area contributed by atoms with Crippen LogP contribution in [0.4, 0.5) is 23.3 Å². The van der Waals surface area contributed by atoms with Crippen LogP contribution >= 0.6 is 0 Å². The van der Waals surface area contributed by atoms with Crippen molar-refractivity contribution >= 4 is 40.2 Å². The van der Waals surface area contributed by atoms with E-state index in [-0.39, 0.29) is 11.3 Å². The summed E-state index contributed by atoms with van der Waals surface area (Å²) in [6.45, 7) is 14.6. The molecule has 2 fully saturated rings. The summed E-state index contributed by atoms with van der Waals surface area (Å²) in [7, 11) is 2.19. The van der Waals surface area contributed by atoms with Gasteiger partial charge in [0.05, 0.1) is 12.2 Å². The number of amides is 1. The van der Waals surface area contributed by atoms with Gasteiger partial charge in [-0.25, -0.2) is 15.0 Å². The molecule has 1 aromatic carbocycles. The molecule has 6 rings (SSSR count). The van der Waals surface area contributed by atoms with Gasteiger partial charge in [-0.3, -0.25) is 15.0 Å². The molecule has 4 heterocycles. The van der Waals surface area contributed by atoms with E-state index in [1.54, 1.807) is 0 Å². The average Bonchev–Trinajstić information content (AvgIpc) is 2.96. The number of hydrogen-bond donors (Lipinski definition) is 3. The minimum atomic E-state index is -0.198. The molecule has 3 aliphatic rings. The Hall–Kier alpha value is -4.18. The Kier molecular flexibility index (Phi) is 7.72. The number of likely N-dealkylation sites (N-methyl/N-ethyl adjacent to an activating group) is 1. The smallest absolute Gasteiger partial charge is 0.258 e. The van der Waals surface area contributed by atoms with Crippen molar-refractivity contribution in [1.29, 1.82) is 0 Å². The fourth-order valence-electron chi connectivity index (χ4n) is 5.78. The molecule has 0 saturated carbocycles. The number of aromatic nitrogens is 4. The topological polar surface area (TPSA) is 128 Å². The van der Waals surface area contributed by atoms with E-state index in [4.69, 9.17) is 10.7 Å². The number of fused-ring (bicyclic) bond motifs is 1. The molecule has 4 N–H and O–H groups in total. The Morgan fingerprint density at radius 1 is 1.02 bits per heavy atom. The molecule has 224 valence electrons. The second-order valence-electron chi connectivity index (χ2n) is 12.8. The number of nitrogens with zero attached hydrogens (tertiary/aromatic N) is 7. The zero-order chi connectivity index (χ0) is 30.3. The molecular weight excluding hydrogens is 540 g/mol. The van der Waals surface area contributed by atoms with E-state index in [9.17, 15) is 4.79 Å². The predicted molar refractivity (Wildman–Crippen MR) is 170 cm³/mol. The van der Waals surface area contributed by atoms with Crippen molar-refractivity contribution in [2.24, 2.45) is 5.41 Å². The number of aryl methyl sites for hydroxylation is 1. The van der Waals surface area contributed by atoms with Gasteiger partial charge in [-0.1, -0.05) is 26.8 Å². The summed E-state index contributed by atoms with van der Waals surface area (Å²) in [5, 5.41) is 6.33. The van der Waals surface area contributed by atoms with Crippen LogP contribution in [0.25, 0.3) is 11.0 Å². The molecule has 1 amide bonds. The van der Waals surface area contributed by atoms with Gasteiger partial charge in [-0.05, 0) is 44.5 Å². The molecule has 0 radical (unpaired) electrons. The van der Waals surface area contributed by atoms with Gasteiger partial charge in [-0.15, -0.1) is 0 Å². The van der Waals surface area contributed by atoms with Gasteiger partial charge in [0.25, 0.3) is 5.91 Å². The molecule has 0 atom stereocenters. The highest BCUT2D eigenvalue weighted by Gasteiger charge is 2.31. The number of nitrogen functional groups attached to an aromatic ring is 1. The molecule has 2 aromatic heterocycles. The Balaban J connectivity index is 1.18. The number of allylic oxidation sites excluding steroid dienone is 3. The average molecular weight is 582 g/mol. The van der Waals surface area contributed by atoms with Crippen molar-refractivity contribution < 1.29 is 4.79 Å². The lowest BCUT2D eigenvalue weighted by molar-refractivity contribution is 0.0966. The first-order valence-electron chi connectivity index (χ1n) is 15.1. The van der Waals surface area contributed by atoms with Gasteiger partial charge in [0.15, 0.2) is 11.6 Å². The number of anilines is 4. The minimum Gasteiger partial charge on any atom is -0.382 e. The normalized spacial score (nSPS) is 18.5. The minimum absolute atomic E-state index is 0.00331. The van der Waals surface area contributed by atoms with E-state index >= 15 is 0 Å². The van der Waals surface area contributed by atoms with Crippen LogP contribution < -0.4 is 21.3 Å². The van der Waals surface area contributed by atoms with Crippen LogP contribution in [0.2, 0.25) is 0 Å². The standard InChI is InChI=1S/C32H40N10O/c1-20-6-7-21(30(43)36-23-17-22(18-23)32(2,3)4)16-25(20)37-29-27-26(34-19-35-29)28(33)39-31(38-27)42-10-8-24(9-11-42)41-14-12-40(5)13-15-41/h6-7,16-17,19,24H,8-15H2,1-5H3,(H3-,33,34,35,36,37,38,39,43)/p+1. The van der Waals surface area contributed by atoms with Crippen molar-refractivity contribution in [3.63, 3.8) is 0 Å². The van der Waals surface area contributed by atoms with Gasteiger partial charge >= 0.3 is 0 Å². The highest BCUT2D eigenvalue weighted by atomic mass is 16.1. The van der Waals surface area contributed by atoms with E-state index in [1.165, 1.54) is 6.33 Å². The third-order valence-electron chi connectivity index (χ3n) is 8.67. The second kappa shape index (κ2) is 11.5. The summed E-state index contributed by atoms with van der Waals surface area (Å²) in [6.07, 6.45) is 8.80. The van der Waals surface area contributed by atoms with Crippen LogP contribution in [0.15, 0.2) is 41.9 Å². The van der Waals surface area contributed by atoms with Crippen LogP contribution in [0, 0.1) is 18.4 Å². The first-order chi connectivity index (χ1) is 20.5. The SMILES string of the molecule is Cc1ccc(C(=O)NC2=CC(C(C)(C)C)=[C+]2)cc1Nc1ncnc2c(N)nc(N3CCC(N4CCN(C)CC4)CC3)nc12. The third kappa shape index (κ3) is 6.15. The molecule has 1 aliphatic carbocycles. The maximum atomic E-state index is 13.0. The predicted octanol–water partition coefficient (Wildman–Crippen LogP) is 3.67. The highest BCUT2D eigenvalue weighted by molar-refractivity contribution is 5.98. The van der Waals surface area contributed by atoms with Gasteiger partial charge in [0.2, 0.25) is 11.6 Å². The van der Waals surface area contributed by atoms with Crippen LogP contribution in [0.3, 0.4) is 0 Å². The molecule has 43 heavy (non-hydrogen) atoms. The highest BCUT2D eigenvalue weighted by Crippen LogP contribution is 2.33. The monoisotopic (exact) mass is 581 g/mol. The summed E-state index contributed by atoms with van der Waals surface area (Å²) in [4.78, 5) is 38.7. The quantitative estimate of drug-likeness (QED) is 0.371. The van der Waals surface area contributed by atoms with Crippen molar-refractivity contribution in [1.82, 2.24) is 35.1 Å². The van der Waals surface area contributed by atoms with Crippen molar-refractivity contribution in [3.8, 4) is 0 Å². The maximum Gasteiger partial charge on any atom is 0.258 e. The van der Waals surface area contributed by atoms with Gasteiger partial charge < -0.3 is 20.9 Å². The number of carbonyl (C=O) groups excluding carboxylic acids is 1. The van der Waals surface area contributed by atoms with Crippen LogP contribution in [0.1, 0.15) is 49.5 Å². The fourth-order valence-corrected chi connectivity index (χ4v) is 5.78. The zero-order valence-corrected chi connectivity index (χ0v) is 25.7. The third-order valence-corrected chi connectivity index (χ3v) is 8.67. The number of hydrogen-bond acceptors (Lipinski definition) is 10. The van der Waals surface area contributed by atoms with E-state index in [1.807, 2.05) is 31.2 Å². The van der Waals surface area contributed by atoms with E-state index in [2.05, 4.69) is 74.2 Å². The van der Waals surface area contributed by atoms with Crippen molar-refractivity contribution in [2.75, 3.05) is 62.3 Å². The lowest BCUT2D eigenvalue weighted by Gasteiger charge is -2.42. The fraction of sp³-hybridized carbons (Fsp3) is 0.469. The van der Waals surface area contributed by atoms with Crippen LogP contribution in [-0.4, -0.2) is 88.0 Å². The molecule has 2 saturated heterocycles. The number of nitrogens with two attached hydrogens (primary N) is 1. The number of nitrogens with one attached hydrogen (secondary N) is 2. The van der Waals surface area contributed by atoms with Crippen molar-refractivity contribution in [3.05, 3.63) is 59.1 Å². The molecule has 2 aliphatic heterocycles. The van der Waals surface area contributed by atoms with Crippen LogP contribution in [0.5, 0.6) is 0 Å². The summed E-state index contributed by atoms with van der Waals surface area (Å²) in [5.74, 6) is 1.23. The maximum absolute atomic E-state index is 13.0. The lowest BCUT2D eigenvalue weighted by atomic mass is 9.81. The number of piperidine rings is 1. The summed E-state index contributed by atoms with van der Waals surface area (Å²) in [5.41, 5.74) is 11.5. The van der Waals surface area contributed by atoms with E-state index in [0.717, 1.165) is 68.9 Å². The molecule has 11 heteroatoms. The largest absolute Gasteiger partial charge is 0.382 e. The summed E-state index contributed by atoms with van der Waals surface area (Å²) in [6, 6.07) is 6.13. The molecule has 0 bridgehead atoms. The molecule has 11 nitrogen and oxygen atoms in total. The molecule has 0 unspecified atom stereocenters. The summed E-state index contributed by atoms with van der Waals surface area (Å²) >= 11 is 0. The first kappa shape index (κ1) is 28.9. The first-order valence-corrected chi connectivity index (χ1v) is 15.1. The number of rotatable bonds is 6. The van der Waals surface area contributed by atoms with Crippen molar-refractivity contribution in [2.45, 2.75) is 46.6 Å². The molecule has 0 spiro atoms. The van der Waals surface area contributed by atoms with Gasteiger partial charge in [0.1, 0.15) is 22.9 Å². The number of carbonyl (C=O) groups is 1. The molecular formula is C32H41N10O+. The number of piperazine rings is 1. The number of benzene rings is 1. The zero-order valence-electron chi connectivity index (χ0n) is 25.7. The Morgan fingerprint density at radius 3 is 2.44 bits per heavy atom. The van der Waals surface area contributed by atoms with E-state index < -0.39 is 0 Å². The van der Waals surface area contributed by atoms with E-state index in [0.29, 0.717) is 45.9 Å². The molecule has 3 aromatic rings. The van der Waals surface area contributed by atoms with Gasteiger partial charge in [-0.2, -0.15) is 4.98 Å². The summed E-state index contributed by atoms with van der Waals surface area (Å²) < 4.78 is 0. The Bertz CT molecular complexity index is 1590.